The zero-order chi connectivity index (χ0) is 12.0. The highest BCUT2D eigenvalue weighted by atomic mass is 35.5. The molecule has 1 aromatic heterocycles. The van der Waals surface area contributed by atoms with Gasteiger partial charge < -0.3 is 10.2 Å². The molecular formula is C13H18ClN3. The normalized spacial score (nSPS) is 27.2. The average Bonchev–Trinajstić information content (AvgIpc) is 2.89. The number of fused-ring (bicyclic) bond motifs is 2. The fourth-order valence-electron chi connectivity index (χ4n) is 2.85. The molecule has 2 fully saturated rings. The molecule has 2 bridgehead atoms. The van der Waals surface area contributed by atoms with E-state index in [9.17, 15) is 0 Å². The molecule has 0 aliphatic carbocycles. The van der Waals surface area contributed by atoms with E-state index >= 15 is 0 Å². The maximum Gasteiger partial charge on any atom is 0.130 e. The Morgan fingerprint density at radius 3 is 2.88 bits per heavy atom. The second-order valence-corrected chi connectivity index (χ2v) is 5.77. The van der Waals surface area contributed by atoms with Gasteiger partial charge in [0, 0.05) is 36.4 Å². The average molecular weight is 252 g/mol. The van der Waals surface area contributed by atoms with E-state index in [2.05, 4.69) is 29.0 Å². The smallest absolute Gasteiger partial charge is 0.130 e. The van der Waals surface area contributed by atoms with Gasteiger partial charge in [-0.2, -0.15) is 0 Å². The summed E-state index contributed by atoms with van der Waals surface area (Å²) >= 11 is 6.32. The number of anilines is 1. The predicted molar refractivity (Wildman–Crippen MR) is 70.9 cm³/mol. The molecule has 0 radical (unpaired) electrons. The Kier molecular flexibility index (Phi) is 2.75. The van der Waals surface area contributed by atoms with Crippen LogP contribution in [-0.4, -0.2) is 30.2 Å². The lowest BCUT2D eigenvalue weighted by molar-refractivity contribution is 0.576. The molecule has 3 heterocycles. The lowest BCUT2D eigenvalue weighted by atomic mass is 10.1. The summed E-state index contributed by atoms with van der Waals surface area (Å²) in [5.41, 5.74) is 1.14. The first-order valence-electron chi connectivity index (χ1n) is 6.30. The van der Waals surface area contributed by atoms with Gasteiger partial charge in [0.25, 0.3) is 0 Å². The van der Waals surface area contributed by atoms with Crippen molar-refractivity contribution < 1.29 is 0 Å². The number of nitrogens with zero attached hydrogens (tertiary/aromatic N) is 2. The standard InChI is InChI=1S/C13H18ClN3/c1-8(2)11-6-16-13(4-12(11)14)17-7-9-3-10(17)5-15-9/h4,6,8-10,15H,3,5,7H2,1-2H3. The molecule has 1 aromatic rings. The highest BCUT2D eigenvalue weighted by molar-refractivity contribution is 6.31. The molecule has 2 aliphatic heterocycles. The minimum absolute atomic E-state index is 0.431. The molecular weight excluding hydrogens is 234 g/mol. The first kappa shape index (κ1) is 11.3. The second-order valence-electron chi connectivity index (χ2n) is 5.37. The first-order valence-corrected chi connectivity index (χ1v) is 6.68. The summed E-state index contributed by atoms with van der Waals surface area (Å²) in [6, 6.07) is 3.27. The lowest BCUT2D eigenvalue weighted by Crippen LogP contribution is -2.44. The van der Waals surface area contributed by atoms with Gasteiger partial charge in [-0.1, -0.05) is 25.4 Å². The van der Waals surface area contributed by atoms with Gasteiger partial charge >= 0.3 is 0 Å². The SMILES string of the molecule is CC(C)c1cnc(N2CC3CC2CN3)cc1Cl. The van der Waals surface area contributed by atoms with Gasteiger partial charge in [0.05, 0.1) is 0 Å². The van der Waals surface area contributed by atoms with Crippen molar-refractivity contribution in [1.82, 2.24) is 10.3 Å². The number of pyridine rings is 1. The van der Waals surface area contributed by atoms with Crippen molar-refractivity contribution in [3.05, 3.63) is 22.8 Å². The van der Waals surface area contributed by atoms with Crippen molar-refractivity contribution in [2.24, 2.45) is 0 Å². The largest absolute Gasteiger partial charge is 0.351 e. The summed E-state index contributed by atoms with van der Waals surface area (Å²) in [7, 11) is 0. The van der Waals surface area contributed by atoms with Crippen LogP contribution in [0.25, 0.3) is 0 Å². The van der Waals surface area contributed by atoms with Crippen LogP contribution in [0.15, 0.2) is 12.3 Å². The third-order valence-corrected chi connectivity index (χ3v) is 4.17. The van der Waals surface area contributed by atoms with Gasteiger partial charge in [-0.05, 0) is 24.0 Å². The quantitative estimate of drug-likeness (QED) is 0.875. The van der Waals surface area contributed by atoms with Crippen LogP contribution in [-0.2, 0) is 0 Å². The van der Waals surface area contributed by atoms with Gasteiger partial charge in [-0.25, -0.2) is 4.98 Å². The van der Waals surface area contributed by atoms with E-state index in [0.29, 0.717) is 18.0 Å². The Morgan fingerprint density at radius 1 is 1.53 bits per heavy atom. The number of piperazine rings is 1. The zero-order valence-electron chi connectivity index (χ0n) is 10.3. The van der Waals surface area contributed by atoms with Gasteiger partial charge in [-0.15, -0.1) is 0 Å². The maximum absolute atomic E-state index is 6.32. The molecule has 0 spiro atoms. The van der Waals surface area contributed by atoms with Crippen LogP contribution in [0.4, 0.5) is 5.82 Å². The number of rotatable bonds is 2. The van der Waals surface area contributed by atoms with Gasteiger partial charge in [0.1, 0.15) is 5.82 Å². The van der Waals surface area contributed by atoms with Crippen molar-refractivity contribution in [2.45, 2.75) is 38.3 Å². The summed E-state index contributed by atoms with van der Waals surface area (Å²) in [4.78, 5) is 6.96. The first-order chi connectivity index (χ1) is 8.15. The minimum atomic E-state index is 0.431. The minimum Gasteiger partial charge on any atom is -0.351 e. The Hall–Kier alpha value is -0.800. The Labute approximate surface area is 107 Å². The molecule has 2 atom stereocenters. The second kappa shape index (κ2) is 4.14. The number of aromatic nitrogens is 1. The van der Waals surface area contributed by atoms with E-state index in [1.165, 1.54) is 6.42 Å². The Balaban J connectivity index is 1.87. The van der Waals surface area contributed by atoms with E-state index in [0.717, 1.165) is 29.5 Å². The van der Waals surface area contributed by atoms with E-state index in [4.69, 9.17) is 11.6 Å². The molecule has 2 unspecified atom stereocenters. The van der Waals surface area contributed by atoms with E-state index in [-0.39, 0.29) is 0 Å². The molecule has 3 rings (SSSR count). The van der Waals surface area contributed by atoms with Gasteiger partial charge in [0.15, 0.2) is 0 Å². The van der Waals surface area contributed by atoms with Crippen LogP contribution in [0.3, 0.4) is 0 Å². The molecule has 2 saturated heterocycles. The summed E-state index contributed by atoms with van der Waals surface area (Å²) in [6.45, 7) is 6.43. The molecule has 17 heavy (non-hydrogen) atoms. The van der Waals surface area contributed by atoms with Crippen molar-refractivity contribution in [3.63, 3.8) is 0 Å². The molecule has 4 heteroatoms. The monoisotopic (exact) mass is 251 g/mol. The molecule has 0 saturated carbocycles. The van der Waals surface area contributed by atoms with Gasteiger partial charge in [-0.3, -0.25) is 0 Å². The molecule has 2 aliphatic rings. The van der Waals surface area contributed by atoms with Crippen LogP contribution in [0.5, 0.6) is 0 Å². The fourth-order valence-corrected chi connectivity index (χ4v) is 3.22. The summed E-state index contributed by atoms with van der Waals surface area (Å²) < 4.78 is 0. The van der Waals surface area contributed by atoms with E-state index < -0.39 is 0 Å². The van der Waals surface area contributed by atoms with Crippen LogP contribution in [0.2, 0.25) is 5.02 Å². The molecule has 0 aromatic carbocycles. The van der Waals surface area contributed by atoms with Crippen LogP contribution in [0, 0.1) is 0 Å². The van der Waals surface area contributed by atoms with Crippen molar-refractivity contribution in [3.8, 4) is 0 Å². The fraction of sp³-hybridized carbons (Fsp3) is 0.615. The van der Waals surface area contributed by atoms with E-state index in [1.807, 2.05) is 12.3 Å². The number of hydrogen-bond acceptors (Lipinski definition) is 3. The molecule has 3 nitrogen and oxygen atoms in total. The molecule has 0 amide bonds. The third kappa shape index (κ3) is 1.91. The Morgan fingerprint density at radius 2 is 2.35 bits per heavy atom. The highest BCUT2D eigenvalue weighted by Gasteiger charge is 2.38. The number of halogens is 1. The predicted octanol–water partition coefficient (Wildman–Crippen LogP) is 2.41. The number of hydrogen-bond donors (Lipinski definition) is 1. The summed E-state index contributed by atoms with van der Waals surface area (Å²) in [6.07, 6.45) is 3.17. The summed E-state index contributed by atoms with van der Waals surface area (Å²) in [5, 5.41) is 4.35. The van der Waals surface area contributed by atoms with Crippen molar-refractivity contribution >= 4 is 17.4 Å². The highest BCUT2D eigenvalue weighted by Crippen LogP contribution is 2.32. The summed E-state index contributed by atoms with van der Waals surface area (Å²) in [5.74, 6) is 1.47. The topological polar surface area (TPSA) is 28.2 Å². The van der Waals surface area contributed by atoms with Crippen LogP contribution >= 0.6 is 11.6 Å². The zero-order valence-corrected chi connectivity index (χ0v) is 11.0. The third-order valence-electron chi connectivity index (χ3n) is 3.84. The van der Waals surface area contributed by atoms with Crippen LogP contribution in [0.1, 0.15) is 31.7 Å². The van der Waals surface area contributed by atoms with Crippen molar-refractivity contribution in [2.75, 3.05) is 18.0 Å². The van der Waals surface area contributed by atoms with E-state index in [1.54, 1.807) is 0 Å². The van der Waals surface area contributed by atoms with Crippen LogP contribution < -0.4 is 10.2 Å². The van der Waals surface area contributed by atoms with Gasteiger partial charge in [0.2, 0.25) is 0 Å². The number of nitrogens with one attached hydrogen (secondary N) is 1. The molecule has 92 valence electrons. The maximum atomic E-state index is 6.32. The van der Waals surface area contributed by atoms with Crippen molar-refractivity contribution in [1.29, 1.82) is 0 Å². The lowest BCUT2D eigenvalue weighted by Gasteiger charge is -2.28. The molecule has 1 N–H and O–H groups in total. The Bertz CT molecular complexity index is 433.